The zero-order chi connectivity index (χ0) is 15.2. The first kappa shape index (κ1) is 15.8. The third-order valence-electron chi connectivity index (χ3n) is 4.50. The van der Waals surface area contributed by atoms with Gasteiger partial charge in [0.15, 0.2) is 5.96 Å². The van der Waals surface area contributed by atoms with E-state index >= 15 is 0 Å². The van der Waals surface area contributed by atoms with Crippen LogP contribution >= 0.6 is 11.3 Å². The molecule has 1 aliphatic heterocycles. The highest BCUT2D eigenvalue weighted by Gasteiger charge is 2.23. The summed E-state index contributed by atoms with van der Waals surface area (Å²) in [6.07, 6.45) is 5.04. The molecule has 0 amide bonds. The van der Waals surface area contributed by atoms with E-state index in [-0.39, 0.29) is 0 Å². The summed E-state index contributed by atoms with van der Waals surface area (Å²) in [6, 6.07) is 5.14. The molecule has 1 saturated heterocycles. The average molecular weight is 322 g/mol. The zero-order valence-electron chi connectivity index (χ0n) is 13.0. The summed E-state index contributed by atoms with van der Waals surface area (Å²) in [6.45, 7) is 4.26. The van der Waals surface area contributed by atoms with Gasteiger partial charge in [-0.2, -0.15) is 0 Å². The smallest absolute Gasteiger partial charge is 0.188 e. The minimum absolute atomic E-state index is 0.313. The van der Waals surface area contributed by atoms with Crippen molar-refractivity contribution in [3.8, 4) is 0 Å². The molecule has 2 fully saturated rings. The molecule has 0 spiro atoms. The number of morpholine rings is 1. The summed E-state index contributed by atoms with van der Waals surface area (Å²) in [5.41, 5.74) is 6.08. The summed E-state index contributed by atoms with van der Waals surface area (Å²) in [5.74, 6) is 0.599. The molecule has 6 heteroatoms. The molecule has 3 rings (SSSR count). The monoisotopic (exact) mass is 322 g/mol. The number of guanidine groups is 1. The fourth-order valence-corrected chi connectivity index (χ4v) is 4.12. The van der Waals surface area contributed by atoms with Crippen molar-refractivity contribution in [1.82, 2.24) is 10.2 Å². The first-order valence-corrected chi connectivity index (χ1v) is 9.12. The van der Waals surface area contributed by atoms with Crippen LogP contribution in [0.3, 0.4) is 0 Å². The van der Waals surface area contributed by atoms with Crippen LogP contribution < -0.4 is 11.1 Å². The third-order valence-corrected chi connectivity index (χ3v) is 5.47. The molecule has 2 heterocycles. The lowest BCUT2D eigenvalue weighted by molar-refractivity contribution is 0.0187. The number of hydrogen-bond acceptors (Lipinski definition) is 4. The van der Waals surface area contributed by atoms with Crippen LogP contribution in [0, 0.1) is 0 Å². The second-order valence-corrected chi connectivity index (χ2v) is 7.01. The van der Waals surface area contributed by atoms with Crippen LogP contribution in [0.2, 0.25) is 0 Å². The van der Waals surface area contributed by atoms with Gasteiger partial charge in [0, 0.05) is 24.0 Å². The molecule has 0 aromatic carbocycles. The molecule has 0 bridgehead atoms. The van der Waals surface area contributed by atoms with Crippen molar-refractivity contribution < 1.29 is 4.74 Å². The Morgan fingerprint density at radius 2 is 2.18 bits per heavy atom. The molecule has 122 valence electrons. The van der Waals surface area contributed by atoms with E-state index in [1.165, 1.54) is 30.6 Å². The highest BCUT2D eigenvalue weighted by molar-refractivity contribution is 7.10. The SMILES string of the molecule is NC(=NCC(c1cccs1)N1CCOCC1)NC1CCCC1. The van der Waals surface area contributed by atoms with E-state index in [4.69, 9.17) is 10.5 Å². The molecular weight excluding hydrogens is 296 g/mol. The van der Waals surface area contributed by atoms with Gasteiger partial charge in [0.25, 0.3) is 0 Å². The first-order valence-electron chi connectivity index (χ1n) is 8.24. The molecule has 1 aliphatic carbocycles. The quantitative estimate of drug-likeness (QED) is 0.643. The van der Waals surface area contributed by atoms with E-state index in [0.29, 0.717) is 24.6 Å². The van der Waals surface area contributed by atoms with E-state index < -0.39 is 0 Å². The number of nitrogens with one attached hydrogen (secondary N) is 1. The predicted octanol–water partition coefficient (Wildman–Crippen LogP) is 1.97. The van der Waals surface area contributed by atoms with Crippen LogP contribution in [0.1, 0.15) is 36.6 Å². The molecule has 1 saturated carbocycles. The minimum atomic E-state index is 0.313. The molecule has 1 atom stereocenters. The Hall–Kier alpha value is -1.11. The molecule has 2 aliphatic rings. The van der Waals surface area contributed by atoms with Gasteiger partial charge in [-0.3, -0.25) is 9.89 Å². The Bertz CT molecular complexity index is 465. The van der Waals surface area contributed by atoms with Gasteiger partial charge in [-0.1, -0.05) is 18.9 Å². The Balaban J connectivity index is 1.61. The maximum absolute atomic E-state index is 6.08. The van der Waals surface area contributed by atoms with E-state index in [1.54, 1.807) is 11.3 Å². The lowest BCUT2D eigenvalue weighted by Gasteiger charge is -2.33. The van der Waals surface area contributed by atoms with Gasteiger partial charge >= 0.3 is 0 Å². The van der Waals surface area contributed by atoms with Crippen LogP contribution in [-0.2, 0) is 4.74 Å². The second-order valence-electron chi connectivity index (χ2n) is 6.03. The standard InChI is InChI=1S/C16H26N4OS/c17-16(19-13-4-1-2-5-13)18-12-14(15-6-3-11-22-15)20-7-9-21-10-8-20/h3,6,11,13-14H,1-2,4-5,7-10,12H2,(H3,17,18,19). The summed E-state index contributed by atoms with van der Waals surface area (Å²) in [4.78, 5) is 8.45. The van der Waals surface area contributed by atoms with Crippen LogP contribution in [0.4, 0.5) is 0 Å². The maximum atomic E-state index is 6.08. The van der Waals surface area contributed by atoms with Crippen molar-refractivity contribution >= 4 is 17.3 Å². The maximum Gasteiger partial charge on any atom is 0.188 e. The number of aliphatic imine (C=N–C) groups is 1. The van der Waals surface area contributed by atoms with Gasteiger partial charge in [-0.05, 0) is 24.3 Å². The molecule has 5 nitrogen and oxygen atoms in total. The summed E-state index contributed by atoms with van der Waals surface area (Å²) >= 11 is 1.80. The summed E-state index contributed by atoms with van der Waals surface area (Å²) in [7, 11) is 0. The molecule has 0 radical (unpaired) electrons. The van der Waals surface area contributed by atoms with Crippen LogP contribution in [0.15, 0.2) is 22.5 Å². The lowest BCUT2D eigenvalue weighted by Crippen LogP contribution is -2.41. The van der Waals surface area contributed by atoms with Crippen LogP contribution in [-0.4, -0.2) is 49.7 Å². The largest absolute Gasteiger partial charge is 0.379 e. The van der Waals surface area contributed by atoms with Crippen molar-refractivity contribution in [2.75, 3.05) is 32.8 Å². The fraction of sp³-hybridized carbons (Fsp3) is 0.688. The zero-order valence-corrected chi connectivity index (χ0v) is 13.9. The molecule has 22 heavy (non-hydrogen) atoms. The van der Waals surface area contributed by atoms with Crippen LogP contribution in [0.25, 0.3) is 0 Å². The van der Waals surface area contributed by atoms with Crippen molar-refractivity contribution in [2.24, 2.45) is 10.7 Å². The molecule has 3 N–H and O–H groups in total. The number of ether oxygens (including phenoxy) is 1. The normalized spacial score (nSPS) is 22.8. The summed E-state index contributed by atoms with van der Waals surface area (Å²) < 4.78 is 5.47. The van der Waals surface area contributed by atoms with Gasteiger partial charge in [0.1, 0.15) is 0 Å². The number of nitrogens with zero attached hydrogens (tertiary/aromatic N) is 2. The first-order chi connectivity index (χ1) is 10.8. The van der Waals surface area contributed by atoms with Gasteiger partial charge in [-0.25, -0.2) is 0 Å². The topological polar surface area (TPSA) is 62.9 Å². The lowest BCUT2D eigenvalue weighted by atomic mass is 10.2. The van der Waals surface area contributed by atoms with Gasteiger partial charge in [0.2, 0.25) is 0 Å². The minimum Gasteiger partial charge on any atom is -0.379 e. The van der Waals surface area contributed by atoms with Crippen molar-refractivity contribution in [3.63, 3.8) is 0 Å². The van der Waals surface area contributed by atoms with E-state index in [1.807, 2.05) is 0 Å². The number of rotatable bonds is 5. The fourth-order valence-electron chi connectivity index (χ4n) is 3.27. The number of nitrogens with two attached hydrogens (primary N) is 1. The number of thiophene rings is 1. The molecule has 1 unspecified atom stereocenters. The molecular formula is C16H26N4OS. The highest BCUT2D eigenvalue weighted by Crippen LogP contribution is 2.26. The predicted molar refractivity (Wildman–Crippen MR) is 91.3 cm³/mol. The van der Waals surface area contributed by atoms with Gasteiger partial charge in [0.05, 0.1) is 25.8 Å². The van der Waals surface area contributed by atoms with E-state index in [9.17, 15) is 0 Å². The third kappa shape index (κ3) is 4.21. The van der Waals surface area contributed by atoms with Crippen molar-refractivity contribution in [1.29, 1.82) is 0 Å². The van der Waals surface area contributed by atoms with Crippen molar-refractivity contribution in [3.05, 3.63) is 22.4 Å². The number of hydrogen-bond donors (Lipinski definition) is 2. The Kier molecular flexibility index (Phi) is 5.70. The van der Waals surface area contributed by atoms with Crippen LogP contribution in [0.5, 0.6) is 0 Å². The second kappa shape index (κ2) is 7.94. The van der Waals surface area contributed by atoms with E-state index in [2.05, 4.69) is 32.7 Å². The molecule has 1 aromatic rings. The van der Waals surface area contributed by atoms with E-state index in [0.717, 1.165) is 26.3 Å². The summed E-state index contributed by atoms with van der Waals surface area (Å²) in [5, 5.41) is 5.50. The van der Waals surface area contributed by atoms with Gasteiger partial charge in [-0.15, -0.1) is 11.3 Å². The Morgan fingerprint density at radius 3 is 2.86 bits per heavy atom. The molecule has 1 aromatic heterocycles. The highest BCUT2D eigenvalue weighted by atomic mass is 32.1. The average Bonchev–Trinajstić information content (AvgIpc) is 3.22. The Morgan fingerprint density at radius 1 is 1.41 bits per heavy atom. The van der Waals surface area contributed by atoms with Crippen molar-refractivity contribution in [2.45, 2.75) is 37.8 Å². The van der Waals surface area contributed by atoms with Gasteiger partial charge < -0.3 is 15.8 Å². The Labute approximate surface area is 136 Å².